The molecule has 3 aromatic carbocycles. The van der Waals surface area contributed by atoms with Crippen molar-refractivity contribution < 1.29 is 34.3 Å². The monoisotopic (exact) mass is 464 g/mol. The molecule has 7 heteroatoms. The molecule has 0 spiro atoms. The van der Waals surface area contributed by atoms with E-state index in [1.54, 1.807) is 30.3 Å². The van der Waals surface area contributed by atoms with E-state index in [-0.39, 0.29) is 13.2 Å². The number of benzene rings is 3. The van der Waals surface area contributed by atoms with Crippen molar-refractivity contribution >= 4 is 5.97 Å². The van der Waals surface area contributed by atoms with Crippen LogP contribution in [0, 0.1) is 0 Å². The van der Waals surface area contributed by atoms with E-state index in [4.69, 9.17) is 14.2 Å². The smallest absolute Gasteiger partial charge is 0.338 e. The van der Waals surface area contributed by atoms with Gasteiger partial charge < -0.3 is 29.5 Å². The van der Waals surface area contributed by atoms with Gasteiger partial charge in [0.25, 0.3) is 0 Å². The summed E-state index contributed by atoms with van der Waals surface area (Å²) in [6.45, 7) is 0.215. The maximum atomic E-state index is 12.9. The van der Waals surface area contributed by atoms with Crippen molar-refractivity contribution in [1.29, 1.82) is 0 Å². The summed E-state index contributed by atoms with van der Waals surface area (Å²) in [5, 5.41) is 32.1. The first-order chi connectivity index (χ1) is 16.5. The Kier molecular flexibility index (Phi) is 8.05. The van der Waals surface area contributed by atoms with E-state index < -0.39 is 42.6 Å². The van der Waals surface area contributed by atoms with Crippen molar-refractivity contribution in [2.45, 2.75) is 49.8 Å². The third kappa shape index (κ3) is 5.70. The predicted octanol–water partition coefficient (Wildman–Crippen LogP) is 2.48. The Labute approximate surface area is 198 Å². The van der Waals surface area contributed by atoms with Crippen LogP contribution >= 0.6 is 0 Å². The normalized spacial score (nSPS) is 26.7. The van der Waals surface area contributed by atoms with E-state index >= 15 is 0 Å². The summed E-state index contributed by atoms with van der Waals surface area (Å²) < 4.78 is 17.7. The quantitative estimate of drug-likeness (QED) is 0.440. The second kappa shape index (κ2) is 11.4. The Morgan fingerprint density at radius 2 is 1.00 bits per heavy atom. The van der Waals surface area contributed by atoms with E-state index in [0.717, 1.165) is 11.1 Å². The van der Waals surface area contributed by atoms with Crippen molar-refractivity contribution in [3.8, 4) is 0 Å². The zero-order chi connectivity index (χ0) is 23.9. The molecule has 6 atom stereocenters. The van der Waals surface area contributed by atoms with Gasteiger partial charge in [0.15, 0.2) is 6.10 Å². The maximum Gasteiger partial charge on any atom is 0.338 e. The van der Waals surface area contributed by atoms with Crippen LogP contribution in [0.1, 0.15) is 21.5 Å². The Morgan fingerprint density at radius 1 is 0.588 bits per heavy atom. The van der Waals surface area contributed by atoms with Crippen molar-refractivity contribution in [1.82, 2.24) is 0 Å². The number of carbonyl (C=O) groups excluding carboxylic acids is 1. The van der Waals surface area contributed by atoms with Gasteiger partial charge in [0, 0.05) is 0 Å². The second-order valence-electron chi connectivity index (χ2n) is 8.23. The number of ether oxygens (including phenoxy) is 3. The summed E-state index contributed by atoms with van der Waals surface area (Å²) in [6, 6.07) is 27.0. The minimum atomic E-state index is -1.55. The van der Waals surface area contributed by atoms with Crippen molar-refractivity contribution in [2.24, 2.45) is 0 Å². The van der Waals surface area contributed by atoms with Gasteiger partial charge in [-0.3, -0.25) is 0 Å². The van der Waals surface area contributed by atoms with Crippen LogP contribution in [0.5, 0.6) is 0 Å². The van der Waals surface area contributed by atoms with Gasteiger partial charge in [-0.1, -0.05) is 78.9 Å². The molecule has 1 aliphatic rings. The summed E-state index contributed by atoms with van der Waals surface area (Å²) >= 11 is 0. The summed E-state index contributed by atoms with van der Waals surface area (Å²) in [5.74, 6) is -0.650. The molecule has 0 aliphatic heterocycles. The third-order valence-corrected chi connectivity index (χ3v) is 5.84. The lowest BCUT2D eigenvalue weighted by Crippen LogP contribution is -2.66. The highest BCUT2D eigenvalue weighted by Gasteiger charge is 2.53. The molecule has 178 valence electrons. The highest BCUT2D eigenvalue weighted by Crippen LogP contribution is 2.30. The molecule has 0 saturated heterocycles. The van der Waals surface area contributed by atoms with Crippen molar-refractivity contribution in [2.75, 3.05) is 0 Å². The predicted molar refractivity (Wildman–Crippen MR) is 124 cm³/mol. The number of rotatable bonds is 8. The van der Waals surface area contributed by atoms with Gasteiger partial charge in [0.05, 0.1) is 18.8 Å². The fraction of sp³-hybridized carbons (Fsp3) is 0.296. The van der Waals surface area contributed by atoms with Gasteiger partial charge >= 0.3 is 5.97 Å². The maximum absolute atomic E-state index is 12.9. The van der Waals surface area contributed by atoms with Crippen LogP contribution in [-0.2, 0) is 27.4 Å². The topological polar surface area (TPSA) is 105 Å². The van der Waals surface area contributed by atoms with Crippen molar-refractivity contribution in [3.63, 3.8) is 0 Å². The Balaban J connectivity index is 1.59. The number of aliphatic hydroxyl groups excluding tert-OH is 3. The molecule has 3 N–H and O–H groups in total. The number of hydrogen-bond acceptors (Lipinski definition) is 7. The second-order valence-corrected chi connectivity index (χ2v) is 8.23. The Bertz CT molecular complexity index is 971. The fourth-order valence-corrected chi connectivity index (χ4v) is 3.99. The number of aliphatic hydroxyl groups is 3. The molecular formula is C27H28O7. The average Bonchev–Trinajstić information content (AvgIpc) is 2.89. The van der Waals surface area contributed by atoms with Crippen LogP contribution in [-0.4, -0.2) is 57.9 Å². The molecule has 1 aliphatic carbocycles. The van der Waals surface area contributed by atoms with Gasteiger partial charge in [-0.15, -0.1) is 0 Å². The van der Waals surface area contributed by atoms with Crippen LogP contribution in [0.4, 0.5) is 0 Å². The van der Waals surface area contributed by atoms with Gasteiger partial charge in [0.1, 0.15) is 30.5 Å². The molecule has 0 bridgehead atoms. The highest BCUT2D eigenvalue weighted by atomic mass is 16.6. The van der Waals surface area contributed by atoms with Crippen LogP contribution in [0.15, 0.2) is 91.0 Å². The summed E-state index contributed by atoms with van der Waals surface area (Å²) in [7, 11) is 0. The van der Waals surface area contributed by atoms with E-state index in [1.165, 1.54) is 0 Å². The zero-order valence-electron chi connectivity index (χ0n) is 18.5. The van der Waals surface area contributed by atoms with Gasteiger partial charge in [0.2, 0.25) is 0 Å². The lowest BCUT2D eigenvalue weighted by atomic mass is 9.84. The van der Waals surface area contributed by atoms with Crippen LogP contribution in [0.3, 0.4) is 0 Å². The van der Waals surface area contributed by atoms with Gasteiger partial charge in [-0.05, 0) is 23.3 Å². The molecule has 0 radical (unpaired) electrons. The highest BCUT2D eigenvalue weighted by molar-refractivity contribution is 5.89. The molecule has 0 aromatic heterocycles. The first-order valence-corrected chi connectivity index (χ1v) is 11.2. The molecule has 2 unspecified atom stereocenters. The zero-order valence-corrected chi connectivity index (χ0v) is 18.5. The van der Waals surface area contributed by atoms with E-state index in [2.05, 4.69) is 0 Å². The van der Waals surface area contributed by atoms with Crippen molar-refractivity contribution in [3.05, 3.63) is 108 Å². The fourth-order valence-electron chi connectivity index (χ4n) is 3.99. The largest absolute Gasteiger partial charge is 0.453 e. The Morgan fingerprint density at radius 3 is 1.44 bits per heavy atom. The molecule has 0 heterocycles. The number of carbonyl (C=O) groups is 1. The molecular weight excluding hydrogens is 436 g/mol. The van der Waals surface area contributed by atoms with Crippen LogP contribution in [0.2, 0.25) is 0 Å². The van der Waals surface area contributed by atoms with Gasteiger partial charge in [-0.2, -0.15) is 0 Å². The van der Waals surface area contributed by atoms with E-state index in [9.17, 15) is 20.1 Å². The summed E-state index contributed by atoms with van der Waals surface area (Å²) in [6.07, 6.45) is -7.98. The van der Waals surface area contributed by atoms with Gasteiger partial charge in [-0.25, -0.2) is 4.79 Å². The number of hydrogen-bond donors (Lipinski definition) is 3. The van der Waals surface area contributed by atoms with Crippen LogP contribution < -0.4 is 0 Å². The lowest BCUT2D eigenvalue weighted by molar-refractivity contribution is -0.250. The minimum Gasteiger partial charge on any atom is -0.453 e. The summed E-state index contributed by atoms with van der Waals surface area (Å²) in [5.41, 5.74) is 1.98. The number of esters is 1. The molecule has 3 aromatic rings. The van der Waals surface area contributed by atoms with E-state index in [1.807, 2.05) is 60.7 Å². The molecule has 0 amide bonds. The average molecular weight is 465 g/mol. The molecule has 4 rings (SSSR count). The molecule has 7 nitrogen and oxygen atoms in total. The standard InChI is InChI=1S/C27H28O7/c28-21-22(29)24(32-16-18-10-4-1-5-11-18)26(34-27(31)20-14-8-3-9-15-20)25(23(21)30)33-17-19-12-6-2-7-13-19/h1-15,21-26,28-30H,16-17H2/t21?,22-,23-,24-,25+,26?/m0/s1. The lowest BCUT2D eigenvalue weighted by Gasteiger charge is -2.44. The summed E-state index contributed by atoms with van der Waals surface area (Å²) in [4.78, 5) is 12.9. The third-order valence-electron chi connectivity index (χ3n) is 5.84. The molecule has 1 saturated carbocycles. The minimum absolute atomic E-state index is 0.107. The first kappa shape index (κ1) is 24.1. The first-order valence-electron chi connectivity index (χ1n) is 11.2. The molecule has 34 heavy (non-hydrogen) atoms. The SMILES string of the molecule is O=C(OC1[C@@H](OCc2ccccc2)[C@@H](O)C(O)[C@H](O)[C@H]1OCc1ccccc1)c1ccccc1. The van der Waals surface area contributed by atoms with E-state index in [0.29, 0.717) is 5.56 Å². The molecule has 1 fully saturated rings. The Hall–Kier alpha value is -3.07. The van der Waals surface area contributed by atoms with Crippen LogP contribution in [0.25, 0.3) is 0 Å².